The number of amides is 1. The second-order valence-corrected chi connectivity index (χ2v) is 8.95. The number of ether oxygens (including phenoxy) is 3. The van der Waals surface area contributed by atoms with Crippen LogP contribution in [-0.2, 0) is 36.9 Å². The lowest BCUT2D eigenvalue weighted by Crippen LogP contribution is -2.36. The first-order valence-electron chi connectivity index (χ1n) is 12.7. The number of morpholine rings is 1. The van der Waals surface area contributed by atoms with Gasteiger partial charge in [-0.25, -0.2) is 9.78 Å². The Bertz CT molecular complexity index is 1390. The van der Waals surface area contributed by atoms with E-state index in [4.69, 9.17) is 9.47 Å². The van der Waals surface area contributed by atoms with Crippen molar-refractivity contribution in [1.29, 1.82) is 0 Å². The van der Waals surface area contributed by atoms with E-state index in [9.17, 15) is 22.8 Å². The predicted octanol–water partition coefficient (Wildman–Crippen LogP) is 3.07. The topological polar surface area (TPSA) is 145 Å². The van der Waals surface area contributed by atoms with Crippen LogP contribution in [0.3, 0.4) is 0 Å². The van der Waals surface area contributed by atoms with Crippen molar-refractivity contribution in [3.63, 3.8) is 0 Å². The lowest BCUT2D eigenvalue weighted by Gasteiger charge is -2.30. The summed E-state index contributed by atoms with van der Waals surface area (Å²) in [6.45, 7) is 7.07. The van der Waals surface area contributed by atoms with E-state index in [2.05, 4.69) is 47.2 Å². The number of methoxy groups -OCH3 is 1. The quantitative estimate of drug-likeness (QED) is 0.163. The minimum Gasteiger partial charge on any atom is -0.415 e. The number of hydrogen-bond acceptors (Lipinski definition) is 11. The minimum absolute atomic E-state index is 0.265. The molecule has 0 aliphatic carbocycles. The molecular weight excluding hydrogens is 561 g/mol. The Balaban J connectivity index is 1.41. The fourth-order valence-corrected chi connectivity index (χ4v) is 3.77. The van der Waals surface area contributed by atoms with Gasteiger partial charge >= 0.3 is 12.1 Å². The molecule has 0 saturated carbocycles. The number of halogens is 3. The molecule has 0 atom stereocenters. The second kappa shape index (κ2) is 13.8. The SMILES string of the molecule is C=C(OC(=O)C(F)(F)F)C(=O)Nc1ccc(CNc2nc(Nc3cnn(CCOC)c3)ncc2N2CCOCC2)cc1. The lowest BCUT2D eigenvalue weighted by molar-refractivity contribution is -0.195. The van der Waals surface area contributed by atoms with Crippen molar-refractivity contribution in [3.8, 4) is 0 Å². The van der Waals surface area contributed by atoms with Gasteiger partial charge in [-0.15, -0.1) is 0 Å². The van der Waals surface area contributed by atoms with Gasteiger partial charge in [0.1, 0.15) is 0 Å². The molecule has 16 heteroatoms. The molecule has 1 fully saturated rings. The van der Waals surface area contributed by atoms with E-state index in [1.165, 1.54) is 0 Å². The van der Waals surface area contributed by atoms with E-state index in [1.54, 1.807) is 48.5 Å². The highest BCUT2D eigenvalue weighted by Gasteiger charge is 2.42. The van der Waals surface area contributed by atoms with Gasteiger partial charge in [0.15, 0.2) is 11.6 Å². The monoisotopic (exact) mass is 590 g/mol. The number of nitrogens with zero attached hydrogens (tertiary/aromatic N) is 5. The van der Waals surface area contributed by atoms with E-state index in [0.29, 0.717) is 63.5 Å². The van der Waals surface area contributed by atoms with E-state index >= 15 is 0 Å². The normalized spacial score (nSPS) is 13.4. The van der Waals surface area contributed by atoms with E-state index in [0.717, 1.165) is 11.3 Å². The molecule has 1 aromatic carbocycles. The van der Waals surface area contributed by atoms with E-state index < -0.39 is 23.8 Å². The first-order chi connectivity index (χ1) is 20.1. The molecule has 0 radical (unpaired) electrons. The summed E-state index contributed by atoms with van der Waals surface area (Å²) in [6.07, 6.45) is -0.0257. The molecule has 1 saturated heterocycles. The summed E-state index contributed by atoms with van der Waals surface area (Å²) in [6, 6.07) is 6.50. The first-order valence-corrected chi connectivity index (χ1v) is 12.7. The smallest absolute Gasteiger partial charge is 0.415 e. The zero-order chi connectivity index (χ0) is 30.1. The van der Waals surface area contributed by atoms with Crippen molar-refractivity contribution >= 4 is 40.7 Å². The van der Waals surface area contributed by atoms with Crippen LogP contribution < -0.4 is 20.9 Å². The fourth-order valence-electron chi connectivity index (χ4n) is 3.77. The van der Waals surface area contributed by atoms with Crippen molar-refractivity contribution in [2.75, 3.05) is 60.9 Å². The number of benzene rings is 1. The molecule has 13 nitrogen and oxygen atoms in total. The van der Waals surface area contributed by atoms with Crippen LogP contribution in [0.5, 0.6) is 0 Å². The van der Waals surface area contributed by atoms with Crippen LogP contribution in [0.1, 0.15) is 5.56 Å². The van der Waals surface area contributed by atoms with Gasteiger partial charge in [-0.2, -0.15) is 23.3 Å². The largest absolute Gasteiger partial charge is 0.491 e. The zero-order valence-electron chi connectivity index (χ0n) is 22.6. The maximum absolute atomic E-state index is 12.3. The van der Waals surface area contributed by atoms with Crippen LogP contribution in [0.2, 0.25) is 0 Å². The maximum Gasteiger partial charge on any atom is 0.491 e. The molecule has 224 valence electrons. The van der Waals surface area contributed by atoms with Crippen LogP contribution in [-0.4, -0.2) is 77.8 Å². The third-order valence-corrected chi connectivity index (χ3v) is 5.91. The van der Waals surface area contributed by atoms with Crippen LogP contribution in [0.4, 0.5) is 42.0 Å². The Labute approximate surface area is 238 Å². The Morgan fingerprint density at radius 2 is 1.86 bits per heavy atom. The predicted molar refractivity (Wildman–Crippen MR) is 146 cm³/mol. The maximum atomic E-state index is 12.3. The van der Waals surface area contributed by atoms with E-state index in [1.807, 2.05) is 6.20 Å². The summed E-state index contributed by atoms with van der Waals surface area (Å²) in [5.41, 5.74) is 2.59. The summed E-state index contributed by atoms with van der Waals surface area (Å²) in [5, 5.41) is 13.1. The summed E-state index contributed by atoms with van der Waals surface area (Å²) < 4.78 is 53.3. The number of alkyl halides is 3. The van der Waals surface area contributed by atoms with Crippen molar-refractivity contribution in [2.24, 2.45) is 0 Å². The molecule has 4 rings (SSSR count). The molecule has 0 bridgehead atoms. The lowest BCUT2D eigenvalue weighted by atomic mass is 10.2. The van der Waals surface area contributed by atoms with Gasteiger partial charge in [0.25, 0.3) is 5.91 Å². The van der Waals surface area contributed by atoms with Crippen molar-refractivity contribution in [3.05, 3.63) is 60.8 Å². The van der Waals surface area contributed by atoms with Crippen LogP contribution >= 0.6 is 0 Å². The van der Waals surface area contributed by atoms with Crippen LogP contribution in [0, 0.1) is 0 Å². The van der Waals surface area contributed by atoms with Gasteiger partial charge < -0.3 is 35.1 Å². The molecule has 2 aromatic heterocycles. The zero-order valence-corrected chi connectivity index (χ0v) is 22.6. The van der Waals surface area contributed by atoms with Crippen LogP contribution in [0.15, 0.2) is 55.2 Å². The molecular formula is C26H29F3N8O5. The minimum atomic E-state index is -5.24. The highest BCUT2D eigenvalue weighted by Crippen LogP contribution is 2.27. The van der Waals surface area contributed by atoms with Gasteiger partial charge in [0.2, 0.25) is 5.95 Å². The first kappa shape index (κ1) is 30.3. The van der Waals surface area contributed by atoms with E-state index in [-0.39, 0.29) is 5.69 Å². The molecule has 0 spiro atoms. The number of aromatic nitrogens is 4. The number of carbonyl (C=O) groups is 2. The number of hydrogen-bond donors (Lipinski definition) is 3. The molecule has 1 amide bonds. The van der Waals surface area contributed by atoms with Gasteiger partial charge in [-0.1, -0.05) is 18.7 Å². The summed E-state index contributed by atoms with van der Waals surface area (Å²) in [5.74, 6) is -3.64. The summed E-state index contributed by atoms with van der Waals surface area (Å²) in [7, 11) is 1.62. The number of rotatable bonds is 12. The van der Waals surface area contributed by atoms with Crippen molar-refractivity contribution < 1.29 is 37.0 Å². The summed E-state index contributed by atoms with van der Waals surface area (Å²) in [4.78, 5) is 34.2. The molecule has 1 aliphatic heterocycles. The standard InChI is InChI=1S/C26H29F3N8O5/c1-17(42-24(39)26(27,28)29)23(38)33-19-5-3-18(4-6-19)13-30-22-21(36-7-11-41-12-8-36)15-31-25(35-22)34-20-14-32-37(16-20)9-10-40-2/h3-6,14-16H,1,7-13H2,2H3,(H,33,38)(H2,30,31,34,35). The van der Waals surface area contributed by atoms with Gasteiger partial charge in [-0.05, 0) is 17.7 Å². The molecule has 42 heavy (non-hydrogen) atoms. The highest BCUT2D eigenvalue weighted by atomic mass is 19.4. The fraction of sp³-hybridized carbons (Fsp3) is 0.346. The molecule has 3 aromatic rings. The third kappa shape index (κ3) is 8.40. The molecule has 1 aliphatic rings. The summed E-state index contributed by atoms with van der Waals surface area (Å²) >= 11 is 0. The highest BCUT2D eigenvalue weighted by molar-refractivity contribution is 6.03. The third-order valence-electron chi connectivity index (χ3n) is 5.91. The number of carbonyl (C=O) groups excluding carboxylic acids is 2. The molecule has 3 heterocycles. The number of esters is 1. The number of nitrogens with one attached hydrogen (secondary N) is 3. The average Bonchev–Trinajstić information content (AvgIpc) is 3.42. The Hall–Kier alpha value is -4.70. The Morgan fingerprint density at radius 1 is 1.12 bits per heavy atom. The Kier molecular flexibility index (Phi) is 9.93. The van der Waals surface area contributed by atoms with Gasteiger partial charge in [-0.3, -0.25) is 9.48 Å². The van der Waals surface area contributed by atoms with Gasteiger partial charge in [0, 0.05) is 38.6 Å². The molecule has 0 unspecified atom stereocenters. The molecule has 3 N–H and O–H groups in total. The Morgan fingerprint density at radius 3 is 2.55 bits per heavy atom. The van der Waals surface area contributed by atoms with Gasteiger partial charge in [0.05, 0.1) is 50.1 Å². The average molecular weight is 591 g/mol. The van der Waals surface area contributed by atoms with Crippen molar-refractivity contribution in [2.45, 2.75) is 19.3 Å². The number of anilines is 5. The van der Waals surface area contributed by atoms with Crippen molar-refractivity contribution in [1.82, 2.24) is 19.7 Å². The second-order valence-electron chi connectivity index (χ2n) is 8.95. The van der Waals surface area contributed by atoms with Crippen LogP contribution in [0.25, 0.3) is 0 Å².